The van der Waals surface area contributed by atoms with Gasteiger partial charge in [-0.05, 0) is 18.3 Å². The van der Waals surface area contributed by atoms with Crippen LogP contribution in [0.2, 0.25) is 0 Å². The molecular formula is C15H24N4O3. The Balaban J connectivity index is 1.90. The van der Waals surface area contributed by atoms with Gasteiger partial charge in [0, 0.05) is 25.1 Å². The summed E-state index contributed by atoms with van der Waals surface area (Å²) < 4.78 is 1.53. The van der Waals surface area contributed by atoms with E-state index >= 15 is 0 Å². The van der Waals surface area contributed by atoms with Crippen LogP contribution in [0.15, 0.2) is 6.07 Å². The van der Waals surface area contributed by atoms with Crippen molar-refractivity contribution in [2.24, 2.45) is 17.9 Å². The second-order valence-corrected chi connectivity index (χ2v) is 6.63. The first-order valence-electron chi connectivity index (χ1n) is 7.47. The van der Waals surface area contributed by atoms with Gasteiger partial charge in [-0.1, -0.05) is 20.8 Å². The molecule has 1 aliphatic carbocycles. The van der Waals surface area contributed by atoms with Crippen molar-refractivity contribution in [1.29, 1.82) is 0 Å². The van der Waals surface area contributed by atoms with E-state index in [1.54, 1.807) is 13.1 Å². The second kappa shape index (κ2) is 5.72. The third-order valence-corrected chi connectivity index (χ3v) is 4.72. The molecule has 122 valence electrons. The van der Waals surface area contributed by atoms with Gasteiger partial charge in [0.05, 0.1) is 12.3 Å². The molecule has 1 aliphatic rings. The first-order chi connectivity index (χ1) is 10.2. The number of aliphatic hydroxyl groups excluding tert-OH is 1. The number of aliphatic hydroxyl groups is 1. The lowest BCUT2D eigenvalue weighted by molar-refractivity contribution is -0.136. The van der Waals surface area contributed by atoms with Gasteiger partial charge in [-0.2, -0.15) is 5.10 Å². The molecule has 1 saturated carbocycles. The summed E-state index contributed by atoms with van der Waals surface area (Å²) in [5.41, 5.74) is 0.520. The zero-order valence-corrected chi connectivity index (χ0v) is 13.6. The van der Waals surface area contributed by atoms with Gasteiger partial charge < -0.3 is 15.7 Å². The highest BCUT2D eigenvalue weighted by Crippen LogP contribution is 2.62. The van der Waals surface area contributed by atoms with Crippen LogP contribution in [-0.4, -0.2) is 39.9 Å². The Labute approximate surface area is 130 Å². The van der Waals surface area contributed by atoms with Crippen molar-refractivity contribution in [1.82, 2.24) is 15.1 Å². The molecule has 22 heavy (non-hydrogen) atoms. The number of hydrogen-bond acceptors (Lipinski definition) is 4. The molecule has 0 aromatic carbocycles. The zero-order valence-electron chi connectivity index (χ0n) is 13.6. The molecule has 2 amide bonds. The smallest absolute Gasteiger partial charge is 0.314 e. The Morgan fingerprint density at radius 1 is 1.41 bits per heavy atom. The highest BCUT2D eigenvalue weighted by atomic mass is 16.3. The SMILES string of the molecule is CCc1cc(NC(=O)C(=O)NCC2(CO)CC2(C)C)n(C)n1. The fourth-order valence-electron chi connectivity index (χ4n) is 2.75. The molecule has 1 aromatic heterocycles. The molecule has 1 fully saturated rings. The predicted molar refractivity (Wildman–Crippen MR) is 82.1 cm³/mol. The average molecular weight is 308 g/mol. The van der Waals surface area contributed by atoms with Gasteiger partial charge in [0.1, 0.15) is 5.82 Å². The highest BCUT2D eigenvalue weighted by Gasteiger charge is 2.60. The summed E-state index contributed by atoms with van der Waals surface area (Å²) in [4.78, 5) is 23.8. The topological polar surface area (TPSA) is 96.3 Å². The summed E-state index contributed by atoms with van der Waals surface area (Å²) in [5.74, 6) is -0.937. The van der Waals surface area contributed by atoms with Gasteiger partial charge in [0.15, 0.2) is 0 Å². The minimum Gasteiger partial charge on any atom is -0.396 e. The summed E-state index contributed by atoms with van der Waals surface area (Å²) >= 11 is 0. The van der Waals surface area contributed by atoms with Gasteiger partial charge in [0.25, 0.3) is 0 Å². The number of nitrogens with one attached hydrogen (secondary N) is 2. The molecule has 7 heteroatoms. The standard InChI is InChI=1S/C15H24N4O3/c1-5-10-6-11(19(4)18-10)17-13(22)12(21)16-8-15(9-20)7-14(15,2)3/h6,20H,5,7-9H2,1-4H3,(H,16,21)(H,17,22). The minimum absolute atomic E-state index is 0.00346. The third kappa shape index (κ3) is 2.99. The number of anilines is 1. The van der Waals surface area contributed by atoms with Crippen LogP contribution in [0.25, 0.3) is 0 Å². The van der Waals surface area contributed by atoms with Crippen LogP contribution in [0.3, 0.4) is 0 Å². The summed E-state index contributed by atoms with van der Waals surface area (Å²) in [6.07, 6.45) is 1.59. The van der Waals surface area contributed by atoms with Gasteiger partial charge in [0.2, 0.25) is 0 Å². The summed E-state index contributed by atoms with van der Waals surface area (Å²) in [5, 5.41) is 18.8. The van der Waals surface area contributed by atoms with E-state index in [1.165, 1.54) is 4.68 Å². The van der Waals surface area contributed by atoms with Crippen molar-refractivity contribution in [3.8, 4) is 0 Å². The summed E-state index contributed by atoms with van der Waals surface area (Å²) in [6.45, 7) is 6.35. The number of amides is 2. The molecule has 7 nitrogen and oxygen atoms in total. The fourth-order valence-corrected chi connectivity index (χ4v) is 2.75. The van der Waals surface area contributed by atoms with E-state index < -0.39 is 11.8 Å². The van der Waals surface area contributed by atoms with Gasteiger partial charge >= 0.3 is 11.8 Å². The Morgan fingerprint density at radius 2 is 2.05 bits per heavy atom. The number of carbonyl (C=O) groups is 2. The first kappa shape index (κ1) is 16.5. The Bertz CT molecular complexity index is 594. The van der Waals surface area contributed by atoms with Crippen molar-refractivity contribution in [3.63, 3.8) is 0 Å². The van der Waals surface area contributed by atoms with Crippen LogP contribution < -0.4 is 10.6 Å². The van der Waals surface area contributed by atoms with Crippen LogP contribution in [0.5, 0.6) is 0 Å². The van der Waals surface area contributed by atoms with E-state index in [4.69, 9.17) is 0 Å². The number of carbonyl (C=O) groups excluding carboxylic acids is 2. The predicted octanol–water partition coefficient (Wildman–Crippen LogP) is 0.446. The van der Waals surface area contributed by atoms with E-state index in [0.29, 0.717) is 12.4 Å². The van der Waals surface area contributed by atoms with Crippen LogP contribution in [-0.2, 0) is 23.1 Å². The molecule has 1 atom stereocenters. The molecule has 0 aliphatic heterocycles. The third-order valence-electron chi connectivity index (χ3n) is 4.72. The Morgan fingerprint density at radius 3 is 2.50 bits per heavy atom. The Hall–Kier alpha value is -1.89. The van der Waals surface area contributed by atoms with Gasteiger partial charge in [-0.25, -0.2) is 0 Å². The van der Waals surface area contributed by atoms with Crippen LogP contribution in [0.1, 0.15) is 32.9 Å². The molecule has 0 bridgehead atoms. The lowest BCUT2D eigenvalue weighted by Gasteiger charge is -2.18. The van der Waals surface area contributed by atoms with E-state index in [-0.39, 0.29) is 17.4 Å². The number of aromatic nitrogens is 2. The van der Waals surface area contributed by atoms with E-state index in [0.717, 1.165) is 18.5 Å². The second-order valence-electron chi connectivity index (χ2n) is 6.63. The maximum absolute atomic E-state index is 11.9. The molecule has 0 spiro atoms. The zero-order chi connectivity index (χ0) is 16.5. The number of rotatable bonds is 5. The van der Waals surface area contributed by atoms with Crippen molar-refractivity contribution >= 4 is 17.6 Å². The quantitative estimate of drug-likeness (QED) is 0.688. The number of aryl methyl sites for hydroxylation is 2. The minimum atomic E-state index is -0.725. The lowest BCUT2D eigenvalue weighted by atomic mass is 9.97. The monoisotopic (exact) mass is 308 g/mol. The maximum atomic E-state index is 11.9. The highest BCUT2D eigenvalue weighted by molar-refractivity contribution is 6.39. The van der Waals surface area contributed by atoms with Crippen molar-refractivity contribution in [2.75, 3.05) is 18.5 Å². The van der Waals surface area contributed by atoms with Crippen LogP contribution >= 0.6 is 0 Å². The summed E-state index contributed by atoms with van der Waals surface area (Å²) in [6, 6.07) is 1.74. The molecule has 1 aromatic rings. The van der Waals surface area contributed by atoms with Gasteiger partial charge in [-0.3, -0.25) is 14.3 Å². The van der Waals surface area contributed by atoms with E-state index in [2.05, 4.69) is 15.7 Å². The normalized spacial score (nSPS) is 22.2. The van der Waals surface area contributed by atoms with E-state index in [9.17, 15) is 14.7 Å². The number of hydrogen-bond donors (Lipinski definition) is 3. The van der Waals surface area contributed by atoms with Gasteiger partial charge in [-0.15, -0.1) is 0 Å². The van der Waals surface area contributed by atoms with Crippen molar-refractivity contribution < 1.29 is 14.7 Å². The maximum Gasteiger partial charge on any atom is 0.314 e. The van der Waals surface area contributed by atoms with Crippen LogP contribution in [0.4, 0.5) is 5.82 Å². The molecule has 3 N–H and O–H groups in total. The largest absolute Gasteiger partial charge is 0.396 e. The molecule has 1 heterocycles. The number of nitrogens with zero attached hydrogens (tertiary/aromatic N) is 2. The lowest BCUT2D eigenvalue weighted by Crippen LogP contribution is -2.40. The Kier molecular flexibility index (Phi) is 4.28. The molecule has 0 saturated heterocycles. The molecule has 2 rings (SSSR count). The fraction of sp³-hybridized carbons (Fsp3) is 0.667. The molecule has 0 radical (unpaired) electrons. The van der Waals surface area contributed by atoms with E-state index in [1.807, 2.05) is 20.8 Å². The molecule has 1 unspecified atom stereocenters. The molecular weight excluding hydrogens is 284 g/mol. The van der Waals surface area contributed by atoms with Crippen molar-refractivity contribution in [2.45, 2.75) is 33.6 Å². The van der Waals surface area contributed by atoms with Crippen molar-refractivity contribution in [3.05, 3.63) is 11.8 Å². The summed E-state index contributed by atoms with van der Waals surface area (Å²) in [7, 11) is 1.71. The average Bonchev–Trinajstić information content (AvgIpc) is 2.85. The first-order valence-corrected chi connectivity index (χ1v) is 7.47. The van der Waals surface area contributed by atoms with Crippen LogP contribution in [0, 0.1) is 10.8 Å².